The molecule has 2 N–H and O–H groups in total. The molecule has 1 aromatic heterocycles. The standard InChI is InChI=1S/C13H12F3NO/c14-11(9-5-2-1-3-6-9)13(18,12(15)16)10-7-4-8-17-10/h1-8,11-12,17-18H. The molecule has 0 aliphatic rings. The number of halogens is 3. The van der Waals surface area contributed by atoms with Crippen molar-refractivity contribution in [3.63, 3.8) is 0 Å². The van der Waals surface area contributed by atoms with Crippen LogP contribution < -0.4 is 0 Å². The number of nitrogens with one attached hydrogen (secondary N) is 1. The van der Waals surface area contributed by atoms with Crippen molar-refractivity contribution in [2.24, 2.45) is 0 Å². The molecule has 0 radical (unpaired) electrons. The molecule has 0 bridgehead atoms. The van der Waals surface area contributed by atoms with Crippen molar-refractivity contribution in [1.29, 1.82) is 0 Å². The molecule has 0 aliphatic carbocycles. The van der Waals surface area contributed by atoms with Crippen molar-refractivity contribution in [2.45, 2.75) is 18.2 Å². The summed E-state index contributed by atoms with van der Waals surface area (Å²) in [5, 5.41) is 10.0. The summed E-state index contributed by atoms with van der Waals surface area (Å²) in [5.74, 6) is 0. The smallest absolute Gasteiger partial charge is 0.275 e. The lowest BCUT2D eigenvalue weighted by molar-refractivity contribution is -0.150. The minimum Gasteiger partial charge on any atom is -0.375 e. The average molecular weight is 255 g/mol. The molecule has 1 heterocycles. The summed E-state index contributed by atoms with van der Waals surface area (Å²) in [5.41, 5.74) is -3.10. The van der Waals surface area contributed by atoms with Crippen molar-refractivity contribution >= 4 is 0 Å². The third kappa shape index (κ3) is 2.01. The van der Waals surface area contributed by atoms with Gasteiger partial charge in [0.2, 0.25) is 5.60 Å². The molecule has 1 aromatic carbocycles. The van der Waals surface area contributed by atoms with Gasteiger partial charge >= 0.3 is 0 Å². The number of hydrogen-bond acceptors (Lipinski definition) is 1. The van der Waals surface area contributed by atoms with Gasteiger partial charge in [-0.3, -0.25) is 0 Å². The van der Waals surface area contributed by atoms with Gasteiger partial charge in [0.1, 0.15) is 0 Å². The molecule has 0 aliphatic heterocycles. The van der Waals surface area contributed by atoms with E-state index in [2.05, 4.69) is 4.98 Å². The molecule has 2 unspecified atom stereocenters. The second kappa shape index (κ2) is 4.86. The van der Waals surface area contributed by atoms with Crippen LogP contribution in [0.3, 0.4) is 0 Å². The first kappa shape index (κ1) is 12.7. The predicted molar refractivity (Wildman–Crippen MR) is 61.0 cm³/mol. The summed E-state index contributed by atoms with van der Waals surface area (Å²) in [7, 11) is 0. The number of H-pyrrole nitrogens is 1. The fourth-order valence-corrected chi connectivity index (χ4v) is 1.82. The molecule has 0 spiro atoms. The number of aromatic amines is 1. The number of hydrogen-bond donors (Lipinski definition) is 2. The zero-order valence-electron chi connectivity index (χ0n) is 9.35. The maximum atomic E-state index is 14.2. The molecule has 0 saturated heterocycles. The van der Waals surface area contributed by atoms with Gasteiger partial charge in [0, 0.05) is 6.20 Å². The Morgan fingerprint density at radius 2 is 1.67 bits per heavy atom. The number of benzene rings is 1. The van der Waals surface area contributed by atoms with Gasteiger partial charge in [-0.1, -0.05) is 30.3 Å². The highest BCUT2D eigenvalue weighted by Crippen LogP contribution is 2.41. The van der Waals surface area contributed by atoms with E-state index in [1.807, 2.05) is 0 Å². The van der Waals surface area contributed by atoms with Crippen LogP contribution in [0, 0.1) is 0 Å². The lowest BCUT2D eigenvalue weighted by atomic mass is 9.89. The maximum absolute atomic E-state index is 14.2. The molecule has 5 heteroatoms. The van der Waals surface area contributed by atoms with E-state index >= 15 is 0 Å². The van der Waals surface area contributed by atoms with Crippen molar-refractivity contribution in [1.82, 2.24) is 4.98 Å². The number of aliphatic hydroxyl groups is 1. The highest BCUT2D eigenvalue weighted by molar-refractivity contribution is 5.26. The second-order valence-electron chi connectivity index (χ2n) is 3.98. The van der Waals surface area contributed by atoms with E-state index < -0.39 is 18.2 Å². The second-order valence-corrected chi connectivity index (χ2v) is 3.98. The molecule has 96 valence electrons. The third-order valence-corrected chi connectivity index (χ3v) is 2.84. The predicted octanol–water partition coefficient (Wildman–Crippen LogP) is 3.18. The molecule has 0 saturated carbocycles. The Hall–Kier alpha value is -1.75. The summed E-state index contributed by atoms with van der Waals surface area (Å²) in [6.07, 6.45) is -4.09. The summed E-state index contributed by atoms with van der Waals surface area (Å²) in [6, 6.07) is 10.1. The molecule has 2 aromatic rings. The lowest BCUT2D eigenvalue weighted by Gasteiger charge is -2.30. The lowest BCUT2D eigenvalue weighted by Crippen LogP contribution is -2.39. The molecule has 18 heavy (non-hydrogen) atoms. The first-order valence-corrected chi connectivity index (χ1v) is 5.40. The van der Waals surface area contributed by atoms with Crippen molar-refractivity contribution in [3.05, 3.63) is 59.9 Å². The minimum atomic E-state index is -3.24. The van der Waals surface area contributed by atoms with Gasteiger partial charge in [0.25, 0.3) is 6.43 Å². The fourth-order valence-electron chi connectivity index (χ4n) is 1.82. The fraction of sp³-hybridized carbons (Fsp3) is 0.231. The van der Waals surface area contributed by atoms with Gasteiger partial charge in [-0.05, 0) is 17.7 Å². The van der Waals surface area contributed by atoms with E-state index in [1.54, 1.807) is 6.07 Å². The number of aromatic nitrogens is 1. The highest BCUT2D eigenvalue weighted by atomic mass is 19.3. The van der Waals surface area contributed by atoms with Crippen LogP contribution in [0.25, 0.3) is 0 Å². The van der Waals surface area contributed by atoms with Gasteiger partial charge in [-0.25, -0.2) is 13.2 Å². The van der Waals surface area contributed by atoms with Crippen molar-refractivity contribution < 1.29 is 18.3 Å². The van der Waals surface area contributed by atoms with Gasteiger partial charge in [0.15, 0.2) is 6.17 Å². The Kier molecular flexibility index (Phi) is 3.43. The molecule has 0 amide bonds. The van der Waals surface area contributed by atoms with E-state index in [0.29, 0.717) is 0 Å². The molecule has 2 rings (SSSR count). The van der Waals surface area contributed by atoms with Crippen LogP contribution >= 0.6 is 0 Å². The molecule has 2 atom stereocenters. The van der Waals surface area contributed by atoms with Crippen molar-refractivity contribution in [3.8, 4) is 0 Å². The largest absolute Gasteiger partial charge is 0.375 e. The van der Waals surface area contributed by atoms with E-state index in [1.165, 1.54) is 42.6 Å². The van der Waals surface area contributed by atoms with Crippen LogP contribution in [-0.4, -0.2) is 16.5 Å². The molecule has 0 fully saturated rings. The van der Waals surface area contributed by atoms with E-state index in [-0.39, 0.29) is 11.3 Å². The molecular formula is C13H12F3NO. The number of alkyl halides is 3. The number of rotatable bonds is 4. The van der Waals surface area contributed by atoms with Crippen LogP contribution in [0.5, 0.6) is 0 Å². The SMILES string of the molecule is OC(c1ccc[nH]1)(C(F)F)C(F)c1ccccc1. The summed E-state index contributed by atoms with van der Waals surface area (Å²) in [4.78, 5) is 2.44. The highest BCUT2D eigenvalue weighted by Gasteiger charge is 2.49. The Balaban J connectivity index is 2.43. The van der Waals surface area contributed by atoms with Crippen LogP contribution in [0.2, 0.25) is 0 Å². The van der Waals surface area contributed by atoms with E-state index in [9.17, 15) is 18.3 Å². The normalized spacial score (nSPS) is 16.5. The quantitative estimate of drug-likeness (QED) is 0.864. The van der Waals surface area contributed by atoms with Gasteiger partial charge in [-0.15, -0.1) is 0 Å². The summed E-state index contributed by atoms with van der Waals surface area (Å²) < 4.78 is 40.4. The van der Waals surface area contributed by atoms with E-state index in [0.717, 1.165) is 0 Å². The van der Waals surface area contributed by atoms with Gasteiger partial charge in [0.05, 0.1) is 5.69 Å². The van der Waals surface area contributed by atoms with Crippen LogP contribution in [0.4, 0.5) is 13.2 Å². The molecular weight excluding hydrogens is 243 g/mol. The van der Waals surface area contributed by atoms with E-state index in [4.69, 9.17) is 0 Å². The summed E-state index contributed by atoms with van der Waals surface area (Å²) in [6.45, 7) is 0. The van der Waals surface area contributed by atoms with Crippen molar-refractivity contribution in [2.75, 3.05) is 0 Å². The monoisotopic (exact) mass is 255 g/mol. The topological polar surface area (TPSA) is 36.0 Å². The Morgan fingerprint density at radius 3 is 2.17 bits per heavy atom. The van der Waals surface area contributed by atoms with Crippen LogP contribution in [0.15, 0.2) is 48.7 Å². The van der Waals surface area contributed by atoms with Crippen LogP contribution in [-0.2, 0) is 5.60 Å². The summed E-state index contributed by atoms with van der Waals surface area (Å²) >= 11 is 0. The van der Waals surface area contributed by atoms with Gasteiger partial charge < -0.3 is 10.1 Å². The third-order valence-electron chi connectivity index (χ3n) is 2.84. The first-order chi connectivity index (χ1) is 8.56. The van der Waals surface area contributed by atoms with Gasteiger partial charge in [-0.2, -0.15) is 0 Å². The zero-order valence-corrected chi connectivity index (χ0v) is 9.35. The van der Waals surface area contributed by atoms with Crippen LogP contribution in [0.1, 0.15) is 17.4 Å². The zero-order chi connectivity index (χ0) is 13.2. The molecule has 2 nitrogen and oxygen atoms in total. The Morgan fingerprint density at radius 1 is 1.00 bits per heavy atom. The Bertz CT molecular complexity index is 486. The average Bonchev–Trinajstić information content (AvgIpc) is 2.92. The Labute approximate surface area is 102 Å². The minimum absolute atomic E-state index is 0.00917. The first-order valence-electron chi connectivity index (χ1n) is 5.40. The maximum Gasteiger partial charge on any atom is 0.275 e.